The van der Waals surface area contributed by atoms with Crippen molar-refractivity contribution in [3.8, 4) is 5.82 Å². The van der Waals surface area contributed by atoms with Gasteiger partial charge in [0.05, 0.1) is 17.5 Å². The summed E-state index contributed by atoms with van der Waals surface area (Å²) in [6.45, 7) is 6.26. The lowest BCUT2D eigenvalue weighted by molar-refractivity contribution is -0.113. The molecule has 158 valence electrons. The summed E-state index contributed by atoms with van der Waals surface area (Å²) in [5.74, 6) is 1.32. The minimum Gasteiger partial charge on any atom is -0.310 e. The Bertz CT molecular complexity index is 1000. The molecule has 4 rings (SSSR count). The molecular weight excluding hydrogens is 400 g/mol. The molecule has 30 heavy (non-hydrogen) atoms. The Hall–Kier alpha value is -2.75. The van der Waals surface area contributed by atoms with Crippen molar-refractivity contribution in [1.82, 2.24) is 35.0 Å². The van der Waals surface area contributed by atoms with E-state index in [1.807, 2.05) is 28.9 Å². The number of carbonyl (C=O) groups is 1. The number of nitrogens with zero attached hydrogens (tertiary/aromatic N) is 7. The summed E-state index contributed by atoms with van der Waals surface area (Å²) in [5.41, 5.74) is 0.721. The summed E-state index contributed by atoms with van der Waals surface area (Å²) in [4.78, 5) is 17.1. The number of anilines is 1. The van der Waals surface area contributed by atoms with E-state index in [9.17, 15) is 4.79 Å². The first-order valence-corrected chi connectivity index (χ1v) is 11.1. The number of rotatable bonds is 6. The van der Waals surface area contributed by atoms with Crippen molar-refractivity contribution >= 4 is 23.5 Å². The molecule has 1 fully saturated rings. The lowest BCUT2D eigenvalue weighted by Crippen LogP contribution is -2.18. The second-order valence-corrected chi connectivity index (χ2v) is 9.39. The number of carbonyl (C=O) groups excluding carboxylic acids is 1. The molecule has 0 aromatic carbocycles. The van der Waals surface area contributed by atoms with E-state index in [1.165, 1.54) is 24.6 Å². The van der Waals surface area contributed by atoms with Crippen LogP contribution in [0.4, 0.5) is 5.82 Å². The summed E-state index contributed by atoms with van der Waals surface area (Å²) in [5, 5.41) is 20.4. The highest BCUT2D eigenvalue weighted by Gasteiger charge is 2.24. The van der Waals surface area contributed by atoms with E-state index in [-0.39, 0.29) is 17.1 Å². The van der Waals surface area contributed by atoms with Gasteiger partial charge in [-0.15, -0.1) is 5.10 Å². The summed E-state index contributed by atoms with van der Waals surface area (Å²) in [6, 6.07) is 7.84. The third-order valence-corrected chi connectivity index (χ3v) is 6.01. The molecule has 10 heteroatoms. The number of amides is 1. The number of hydrogen-bond acceptors (Lipinski definition) is 7. The second-order valence-electron chi connectivity index (χ2n) is 8.45. The first kappa shape index (κ1) is 20.5. The van der Waals surface area contributed by atoms with Crippen LogP contribution >= 0.6 is 11.8 Å². The monoisotopic (exact) mass is 426 g/mol. The van der Waals surface area contributed by atoms with E-state index in [4.69, 9.17) is 0 Å². The highest BCUT2D eigenvalue weighted by atomic mass is 32.2. The fourth-order valence-corrected chi connectivity index (χ4v) is 4.20. The molecule has 1 saturated carbocycles. The van der Waals surface area contributed by atoms with Crippen molar-refractivity contribution < 1.29 is 4.79 Å². The number of thioether (sulfide) groups is 1. The Morgan fingerprint density at radius 2 is 2.07 bits per heavy atom. The predicted octanol–water partition coefficient (Wildman–Crippen LogP) is 3.40. The van der Waals surface area contributed by atoms with Crippen LogP contribution in [0.2, 0.25) is 0 Å². The van der Waals surface area contributed by atoms with Crippen LogP contribution in [0.3, 0.4) is 0 Å². The van der Waals surface area contributed by atoms with Gasteiger partial charge in [0.2, 0.25) is 11.1 Å². The zero-order chi connectivity index (χ0) is 21.1. The Labute approximate surface area is 179 Å². The van der Waals surface area contributed by atoms with Crippen LogP contribution in [-0.2, 0) is 10.2 Å². The van der Waals surface area contributed by atoms with E-state index in [1.54, 1.807) is 10.9 Å². The average Bonchev–Trinajstić information content (AvgIpc) is 3.46. The molecule has 1 aliphatic carbocycles. The third kappa shape index (κ3) is 4.53. The smallest absolute Gasteiger partial charge is 0.236 e. The van der Waals surface area contributed by atoms with Gasteiger partial charge in [-0.05, 0) is 35.4 Å². The molecule has 0 radical (unpaired) electrons. The third-order valence-electron chi connectivity index (χ3n) is 5.08. The minimum atomic E-state index is -0.155. The van der Waals surface area contributed by atoms with Crippen molar-refractivity contribution in [2.45, 2.75) is 63.1 Å². The minimum absolute atomic E-state index is 0.140. The van der Waals surface area contributed by atoms with E-state index < -0.39 is 0 Å². The van der Waals surface area contributed by atoms with Crippen molar-refractivity contribution in [1.29, 1.82) is 0 Å². The first-order valence-electron chi connectivity index (χ1n) is 10.1. The Morgan fingerprint density at radius 1 is 1.27 bits per heavy atom. The van der Waals surface area contributed by atoms with Crippen LogP contribution in [0.25, 0.3) is 5.82 Å². The molecule has 0 unspecified atom stereocenters. The Balaban J connectivity index is 1.48. The molecule has 3 aromatic rings. The van der Waals surface area contributed by atoms with Gasteiger partial charge in [-0.3, -0.25) is 4.79 Å². The SMILES string of the molecule is CC(C)(C)c1cc(NC(=O)CSc2nnnn2C2CCCC2)n(-c2ccccn2)n1. The topological polar surface area (TPSA) is 103 Å². The number of hydrogen-bond donors (Lipinski definition) is 1. The van der Waals surface area contributed by atoms with Crippen LogP contribution in [0.15, 0.2) is 35.6 Å². The maximum atomic E-state index is 12.7. The number of aromatic nitrogens is 7. The van der Waals surface area contributed by atoms with E-state index >= 15 is 0 Å². The van der Waals surface area contributed by atoms with Crippen molar-refractivity contribution in [2.24, 2.45) is 0 Å². The van der Waals surface area contributed by atoms with Crippen LogP contribution in [0, 0.1) is 0 Å². The highest BCUT2D eigenvalue weighted by Crippen LogP contribution is 2.31. The van der Waals surface area contributed by atoms with Crippen LogP contribution in [0.5, 0.6) is 0 Å². The van der Waals surface area contributed by atoms with Gasteiger partial charge in [-0.2, -0.15) is 9.78 Å². The fourth-order valence-electron chi connectivity index (χ4n) is 3.46. The summed E-state index contributed by atoms with van der Waals surface area (Å²) in [7, 11) is 0. The van der Waals surface area contributed by atoms with Gasteiger partial charge in [-0.1, -0.05) is 51.4 Å². The number of nitrogens with one attached hydrogen (secondary N) is 1. The van der Waals surface area contributed by atoms with Gasteiger partial charge in [0.15, 0.2) is 5.82 Å². The Morgan fingerprint density at radius 3 is 2.77 bits per heavy atom. The molecular formula is C20H26N8OS. The lowest BCUT2D eigenvalue weighted by atomic mass is 9.92. The maximum absolute atomic E-state index is 12.7. The second kappa shape index (κ2) is 8.55. The summed E-state index contributed by atoms with van der Waals surface area (Å²) >= 11 is 1.35. The van der Waals surface area contributed by atoms with Gasteiger partial charge in [0, 0.05) is 17.7 Å². The maximum Gasteiger partial charge on any atom is 0.236 e. The van der Waals surface area contributed by atoms with Crippen molar-refractivity contribution in [3.63, 3.8) is 0 Å². The van der Waals surface area contributed by atoms with Gasteiger partial charge >= 0.3 is 0 Å². The molecule has 0 spiro atoms. The molecule has 0 saturated heterocycles. The van der Waals surface area contributed by atoms with Gasteiger partial charge in [0.1, 0.15) is 5.82 Å². The fraction of sp³-hybridized carbons (Fsp3) is 0.500. The molecule has 3 heterocycles. The zero-order valence-electron chi connectivity index (χ0n) is 17.4. The van der Waals surface area contributed by atoms with Gasteiger partial charge in [0.25, 0.3) is 0 Å². The van der Waals surface area contributed by atoms with Crippen molar-refractivity contribution in [2.75, 3.05) is 11.1 Å². The Kier molecular flexibility index (Phi) is 5.85. The molecule has 1 N–H and O–H groups in total. The van der Waals surface area contributed by atoms with Gasteiger partial charge in [-0.25, -0.2) is 9.67 Å². The zero-order valence-corrected chi connectivity index (χ0v) is 18.3. The van der Waals surface area contributed by atoms with Crippen LogP contribution in [-0.4, -0.2) is 46.6 Å². The van der Waals surface area contributed by atoms with Crippen LogP contribution in [0.1, 0.15) is 58.2 Å². The molecule has 0 aliphatic heterocycles. The largest absolute Gasteiger partial charge is 0.310 e. The average molecular weight is 427 g/mol. The molecule has 3 aromatic heterocycles. The molecule has 1 aliphatic rings. The molecule has 1 amide bonds. The van der Waals surface area contributed by atoms with Crippen molar-refractivity contribution in [3.05, 3.63) is 36.2 Å². The standard InChI is InChI=1S/C20H26N8OS/c1-20(2,3)15-12-17(28(24-15)16-10-6-7-11-21-16)22-18(29)13-30-19-23-25-26-27(19)14-8-4-5-9-14/h6-7,10-12,14H,4-5,8-9,13H2,1-3H3,(H,22,29). The number of pyridine rings is 1. The lowest BCUT2D eigenvalue weighted by Gasteiger charge is -2.13. The van der Waals surface area contributed by atoms with Crippen LogP contribution < -0.4 is 5.32 Å². The van der Waals surface area contributed by atoms with E-state index in [0.29, 0.717) is 22.8 Å². The predicted molar refractivity (Wildman–Crippen MR) is 115 cm³/mol. The molecule has 9 nitrogen and oxygen atoms in total. The normalized spacial score (nSPS) is 14.9. The molecule has 0 atom stereocenters. The quantitative estimate of drug-likeness (QED) is 0.603. The summed E-state index contributed by atoms with van der Waals surface area (Å²) in [6.07, 6.45) is 6.27. The highest BCUT2D eigenvalue weighted by molar-refractivity contribution is 7.99. The van der Waals surface area contributed by atoms with E-state index in [0.717, 1.165) is 18.5 Å². The first-order chi connectivity index (χ1) is 14.4. The molecule has 0 bridgehead atoms. The van der Waals surface area contributed by atoms with E-state index in [2.05, 4.69) is 51.7 Å². The summed E-state index contributed by atoms with van der Waals surface area (Å²) < 4.78 is 3.53. The van der Waals surface area contributed by atoms with Gasteiger partial charge < -0.3 is 5.32 Å². The number of tetrazole rings is 1.